The van der Waals surface area contributed by atoms with Crippen LogP contribution >= 0.6 is 0 Å². The van der Waals surface area contributed by atoms with Gasteiger partial charge in [0.2, 0.25) is 0 Å². The largest absolute Gasteiger partial charge is 0.433 e. The Morgan fingerprint density at radius 1 is 1.24 bits per heavy atom. The summed E-state index contributed by atoms with van der Waals surface area (Å²) in [5, 5.41) is 11.5. The number of nitrogens with two attached hydrogens (primary N) is 1. The molecule has 0 atom stereocenters. The van der Waals surface area contributed by atoms with Crippen LogP contribution in [0.15, 0.2) is 36.5 Å². The van der Waals surface area contributed by atoms with E-state index in [1.54, 1.807) is 24.3 Å². The number of hydrogen-bond donors (Lipinski definition) is 2. The Morgan fingerprint density at radius 3 is 2.48 bits per heavy atom. The average Bonchev–Trinajstić information content (AvgIpc) is 2.45. The van der Waals surface area contributed by atoms with Gasteiger partial charge in [0.15, 0.2) is 0 Å². The third-order valence-corrected chi connectivity index (χ3v) is 2.79. The molecule has 7 heteroatoms. The molecule has 1 heterocycles. The standard InChI is InChI=1S/C14H11F3N4/c15-14(16,17)13-5-12(11(19)8-21-13)20-7-10-3-1-9(6-18)2-4-10/h1-5,8H,7,19H2,(H,20,21). The van der Waals surface area contributed by atoms with Crippen molar-refractivity contribution in [1.29, 1.82) is 5.26 Å². The van der Waals surface area contributed by atoms with Crippen LogP contribution in [0.5, 0.6) is 0 Å². The minimum atomic E-state index is -4.52. The fraction of sp³-hybridized carbons (Fsp3) is 0.143. The Bertz CT molecular complexity index is 672. The number of alkyl halides is 3. The van der Waals surface area contributed by atoms with E-state index in [1.165, 1.54) is 0 Å². The number of anilines is 2. The molecular formula is C14H11F3N4. The number of pyridine rings is 1. The Kier molecular flexibility index (Phi) is 3.98. The summed E-state index contributed by atoms with van der Waals surface area (Å²) in [4.78, 5) is 3.26. The van der Waals surface area contributed by atoms with E-state index in [0.717, 1.165) is 17.8 Å². The summed E-state index contributed by atoms with van der Waals surface area (Å²) in [5.74, 6) is 0. The van der Waals surface area contributed by atoms with Crippen molar-refractivity contribution in [2.24, 2.45) is 0 Å². The first-order valence-corrected chi connectivity index (χ1v) is 5.96. The van der Waals surface area contributed by atoms with Crippen molar-refractivity contribution in [3.05, 3.63) is 53.3 Å². The lowest BCUT2D eigenvalue weighted by atomic mass is 10.1. The number of aromatic nitrogens is 1. The SMILES string of the molecule is N#Cc1ccc(CNc2cc(C(F)(F)F)ncc2N)cc1. The minimum absolute atomic E-state index is 0.136. The Hall–Kier alpha value is -2.75. The second-order valence-corrected chi connectivity index (χ2v) is 4.32. The molecule has 1 aromatic heterocycles. The molecular weight excluding hydrogens is 281 g/mol. The smallest absolute Gasteiger partial charge is 0.396 e. The molecule has 2 aromatic rings. The monoisotopic (exact) mass is 292 g/mol. The summed E-state index contributed by atoms with van der Waals surface area (Å²) in [6.45, 7) is 0.289. The molecule has 0 aliphatic carbocycles. The molecule has 0 unspecified atom stereocenters. The average molecular weight is 292 g/mol. The molecule has 0 radical (unpaired) electrons. The molecule has 0 bridgehead atoms. The van der Waals surface area contributed by atoms with Gasteiger partial charge in [-0.3, -0.25) is 0 Å². The summed E-state index contributed by atoms with van der Waals surface area (Å²) in [7, 11) is 0. The molecule has 0 spiro atoms. The zero-order valence-electron chi connectivity index (χ0n) is 10.8. The molecule has 108 valence electrons. The van der Waals surface area contributed by atoms with E-state index in [2.05, 4.69) is 10.3 Å². The number of benzene rings is 1. The maximum Gasteiger partial charge on any atom is 0.433 e. The number of nitriles is 1. The van der Waals surface area contributed by atoms with Crippen molar-refractivity contribution in [1.82, 2.24) is 4.98 Å². The number of nitrogens with one attached hydrogen (secondary N) is 1. The first-order chi connectivity index (χ1) is 9.90. The summed E-state index contributed by atoms with van der Waals surface area (Å²) in [6, 6.07) is 9.56. The fourth-order valence-corrected chi connectivity index (χ4v) is 1.67. The van der Waals surface area contributed by atoms with Crippen LogP contribution < -0.4 is 11.1 Å². The van der Waals surface area contributed by atoms with Gasteiger partial charge < -0.3 is 11.1 Å². The van der Waals surface area contributed by atoms with Crippen molar-refractivity contribution >= 4 is 11.4 Å². The first kappa shape index (κ1) is 14.7. The van der Waals surface area contributed by atoms with Crippen LogP contribution in [0.4, 0.5) is 24.5 Å². The second-order valence-electron chi connectivity index (χ2n) is 4.32. The highest BCUT2D eigenvalue weighted by molar-refractivity contribution is 5.65. The zero-order valence-corrected chi connectivity index (χ0v) is 10.8. The van der Waals surface area contributed by atoms with E-state index in [-0.39, 0.29) is 17.9 Å². The highest BCUT2D eigenvalue weighted by Crippen LogP contribution is 2.31. The second kappa shape index (κ2) is 5.71. The van der Waals surface area contributed by atoms with Crippen molar-refractivity contribution in [3.63, 3.8) is 0 Å². The normalized spacial score (nSPS) is 11.0. The van der Waals surface area contributed by atoms with E-state index >= 15 is 0 Å². The van der Waals surface area contributed by atoms with E-state index in [1.807, 2.05) is 6.07 Å². The van der Waals surface area contributed by atoms with Crippen molar-refractivity contribution in [2.45, 2.75) is 12.7 Å². The number of halogens is 3. The van der Waals surface area contributed by atoms with Crippen LogP contribution in [0.3, 0.4) is 0 Å². The van der Waals surface area contributed by atoms with Gasteiger partial charge in [-0.2, -0.15) is 18.4 Å². The third kappa shape index (κ3) is 3.63. The lowest BCUT2D eigenvalue weighted by Gasteiger charge is -2.12. The first-order valence-electron chi connectivity index (χ1n) is 5.96. The predicted octanol–water partition coefficient (Wildman–Crippen LogP) is 3.17. The Morgan fingerprint density at radius 2 is 1.90 bits per heavy atom. The van der Waals surface area contributed by atoms with Crippen LogP contribution in [-0.2, 0) is 12.7 Å². The van der Waals surface area contributed by atoms with Gasteiger partial charge in [0.1, 0.15) is 5.69 Å². The van der Waals surface area contributed by atoms with Crippen molar-refractivity contribution in [3.8, 4) is 6.07 Å². The van der Waals surface area contributed by atoms with E-state index in [9.17, 15) is 13.2 Å². The summed E-state index contributed by atoms with van der Waals surface area (Å²) in [5.41, 5.74) is 6.24. The highest BCUT2D eigenvalue weighted by atomic mass is 19.4. The lowest BCUT2D eigenvalue weighted by molar-refractivity contribution is -0.141. The fourth-order valence-electron chi connectivity index (χ4n) is 1.67. The molecule has 0 saturated carbocycles. The number of nitrogens with zero attached hydrogens (tertiary/aromatic N) is 2. The summed E-state index contributed by atoms with van der Waals surface area (Å²) in [6.07, 6.45) is -3.54. The van der Waals surface area contributed by atoms with Crippen LogP contribution in [0, 0.1) is 11.3 Å². The highest BCUT2D eigenvalue weighted by Gasteiger charge is 2.32. The third-order valence-electron chi connectivity index (χ3n) is 2.79. The molecule has 1 aromatic carbocycles. The van der Waals surface area contributed by atoms with Gasteiger partial charge in [-0.05, 0) is 23.8 Å². The summed E-state index contributed by atoms with van der Waals surface area (Å²) >= 11 is 0. The summed E-state index contributed by atoms with van der Waals surface area (Å²) < 4.78 is 37.8. The molecule has 0 amide bonds. The van der Waals surface area contributed by atoms with Gasteiger partial charge in [0.05, 0.1) is 29.2 Å². The van der Waals surface area contributed by atoms with E-state index < -0.39 is 11.9 Å². The zero-order chi connectivity index (χ0) is 15.5. The number of nitrogen functional groups attached to an aromatic ring is 1. The molecule has 21 heavy (non-hydrogen) atoms. The van der Waals surface area contributed by atoms with Gasteiger partial charge in [-0.25, -0.2) is 4.98 Å². The quantitative estimate of drug-likeness (QED) is 0.911. The van der Waals surface area contributed by atoms with Crippen molar-refractivity contribution < 1.29 is 13.2 Å². The van der Waals surface area contributed by atoms with Crippen LogP contribution in [0.1, 0.15) is 16.8 Å². The number of rotatable bonds is 3. The van der Waals surface area contributed by atoms with Gasteiger partial charge >= 0.3 is 6.18 Å². The van der Waals surface area contributed by atoms with Crippen LogP contribution in [-0.4, -0.2) is 4.98 Å². The maximum absolute atomic E-state index is 12.6. The molecule has 0 saturated heterocycles. The minimum Gasteiger partial charge on any atom is -0.396 e. The molecule has 0 aliphatic rings. The van der Waals surface area contributed by atoms with Crippen LogP contribution in [0.2, 0.25) is 0 Å². The molecule has 0 fully saturated rings. The Labute approximate surface area is 119 Å². The number of hydrogen-bond acceptors (Lipinski definition) is 4. The topological polar surface area (TPSA) is 74.7 Å². The van der Waals surface area contributed by atoms with E-state index in [4.69, 9.17) is 11.0 Å². The van der Waals surface area contributed by atoms with E-state index in [0.29, 0.717) is 5.56 Å². The van der Waals surface area contributed by atoms with Gasteiger partial charge in [-0.15, -0.1) is 0 Å². The van der Waals surface area contributed by atoms with Gasteiger partial charge in [0, 0.05) is 6.54 Å². The van der Waals surface area contributed by atoms with Crippen LogP contribution in [0.25, 0.3) is 0 Å². The van der Waals surface area contributed by atoms with Gasteiger partial charge in [-0.1, -0.05) is 12.1 Å². The predicted molar refractivity (Wildman–Crippen MR) is 72.1 cm³/mol. The molecule has 2 rings (SSSR count). The molecule has 4 nitrogen and oxygen atoms in total. The lowest BCUT2D eigenvalue weighted by Crippen LogP contribution is -2.10. The van der Waals surface area contributed by atoms with Gasteiger partial charge in [0.25, 0.3) is 0 Å². The molecule has 0 aliphatic heterocycles. The Balaban J connectivity index is 2.14. The van der Waals surface area contributed by atoms with Crippen molar-refractivity contribution in [2.75, 3.05) is 11.1 Å². The maximum atomic E-state index is 12.6. The molecule has 3 N–H and O–H groups in total.